The smallest absolute Gasteiger partial charge is 0.270 e. The fourth-order valence-corrected chi connectivity index (χ4v) is 2.97. The Kier molecular flexibility index (Phi) is 4.27. The Hall–Kier alpha value is -2.44. The minimum atomic E-state index is -0.718. The molecule has 0 aromatic heterocycles. The average molecular weight is 318 g/mol. The maximum Gasteiger partial charge on any atom is 0.270 e. The molecule has 2 amide bonds. The lowest BCUT2D eigenvalue weighted by molar-refractivity contribution is -0.125. The third-order valence-corrected chi connectivity index (χ3v) is 4.22. The number of benzene rings is 1. The molecule has 0 aliphatic carbocycles. The molecule has 122 valence electrons. The van der Waals surface area contributed by atoms with Gasteiger partial charge in [-0.3, -0.25) is 14.6 Å². The number of piperidine rings is 1. The van der Waals surface area contributed by atoms with Crippen molar-refractivity contribution < 1.29 is 14.0 Å². The van der Waals surface area contributed by atoms with Crippen molar-refractivity contribution in [2.75, 3.05) is 18.1 Å². The molecule has 1 aromatic carbocycles. The van der Waals surface area contributed by atoms with Crippen LogP contribution in [0.15, 0.2) is 29.4 Å². The van der Waals surface area contributed by atoms with Crippen molar-refractivity contribution in [1.82, 2.24) is 4.90 Å². The number of nitrogens with zero attached hydrogens (tertiary/aromatic N) is 3. The van der Waals surface area contributed by atoms with Gasteiger partial charge < -0.3 is 10.6 Å². The second kappa shape index (κ2) is 6.36. The van der Waals surface area contributed by atoms with Crippen LogP contribution in [0.3, 0.4) is 0 Å². The lowest BCUT2D eigenvalue weighted by Crippen LogP contribution is -2.41. The number of hydrogen-bond donors (Lipinski definition) is 1. The van der Waals surface area contributed by atoms with Gasteiger partial charge in [0, 0.05) is 19.5 Å². The average Bonchev–Trinajstić information content (AvgIpc) is 3.01. The highest BCUT2D eigenvalue weighted by molar-refractivity contribution is 6.40. The molecule has 23 heavy (non-hydrogen) atoms. The number of nitrogens with two attached hydrogens (primary N) is 1. The van der Waals surface area contributed by atoms with E-state index in [-0.39, 0.29) is 18.1 Å². The number of rotatable bonds is 3. The van der Waals surface area contributed by atoms with Crippen molar-refractivity contribution in [2.45, 2.75) is 31.7 Å². The van der Waals surface area contributed by atoms with Crippen molar-refractivity contribution >= 4 is 23.2 Å². The Bertz CT molecular complexity index is 638. The largest absolute Gasteiger partial charge is 0.368 e. The van der Waals surface area contributed by atoms with Gasteiger partial charge in [0.2, 0.25) is 5.91 Å². The lowest BCUT2D eigenvalue weighted by Gasteiger charge is -2.26. The van der Waals surface area contributed by atoms with E-state index in [2.05, 4.69) is 5.10 Å². The number of hydrazone groups is 1. The summed E-state index contributed by atoms with van der Waals surface area (Å²) < 4.78 is 13.1. The van der Waals surface area contributed by atoms with Crippen LogP contribution in [-0.2, 0) is 9.59 Å². The van der Waals surface area contributed by atoms with Gasteiger partial charge in [-0.15, -0.1) is 0 Å². The van der Waals surface area contributed by atoms with Gasteiger partial charge in [0.05, 0.1) is 5.69 Å². The number of carbonyl (C=O) groups is 2. The van der Waals surface area contributed by atoms with E-state index in [1.165, 1.54) is 29.3 Å². The Morgan fingerprint density at radius 2 is 1.78 bits per heavy atom. The van der Waals surface area contributed by atoms with Gasteiger partial charge in [0.15, 0.2) is 0 Å². The number of likely N-dealkylation sites (tertiary alicyclic amines) is 1. The molecule has 7 heteroatoms. The van der Waals surface area contributed by atoms with Crippen LogP contribution >= 0.6 is 0 Å². The molecule has 1 atom stereocenters. The Morgan fingerprint density at radius 1 is 1.13 bits per heavy atom. The zero-order chi connectivity index (χ0) is 16.4. The predicted octanol–water partition coefficient (Wildman–Crippen LogP) is 1.26. The minimum Gasteiger partial charge on any atom is -0.368 e. The molecule has 2 aliphatic rings. The van der Waals surface area contributed by atoms with Gasteiger partial charge in [-0.05, 0) is 43.5 Å². The Morgan fingerprint density at radius 3 is 2.39 bits per heavy atom. The van der Waals surface area contributed by atoms with Gasteiger partial charge in [-0.1, -0.05) is 0 Å². The number of primary amides is 1. The van der Waals surface area contributed by atoms with E-state index in [9.17, 15) is 14.0 Å². The highest BCUT2D eigenvalue weighted by atomic mass is 19.1. The number of hydrogen-bond acceptors (Lipinski definition) is 4. The number of halogens is 1. The van der Waals surface area contributed by atoms with E-state index in [0.29, 0.717) is 11.4 Å². The molecule has 2 heterocycles. The van der Waals surface area contributed by atoms with E-state index in [4.69, 9.17) is 5.73 Å². The van der Waals surface area contributed by atoms with Gasteiger partial charge in [-0.25, -0.2) is 4.39 Å². The molecule has 1 aromatic rings. The van der Waals surface area contributed by atoms with E-state index < -0.39 is 11.9 Å². The van der Waals surface area contributed by atoms with Crippen LogP contribution in [0.4, 0.5) is 10.1 Å². The molecule has 1 fully saturated rings. The highest BCUT2D eigenvalue weighted by Crippen LogP contribution is 2.26. The zero-order valence-corrected chi connectivity index (χ0v) is 12.7. The van der Waals surface area contributed by atoms with Crippen molar-refractivity contribution in [1.29, 1.82) is 0 Å². The first-order valence-electron chi connectivity index (χ1n) is 7.77. The second-order valence-corrected chi connectivity index (χ2v) is 5.84. The van der Waals surface area contributed by atoms with E-state index >= 15 is 0 Å². The second-order valence-electron chi connectivity index (χ2n) is 5.84. The standard InChI is InChI=1S/C16H19FN4O2/c17-11-4-6-12(7-5-11)21-14(15(18)22)10-13(19-21)16(23)20-8-2-1-3-9-20/h4-7,14H,1-3,8-10H2,(H2,18,22). The normalized spacial score (nSPS) is 21.3. The summed E-state index contributed by atoms with van der Waals surface area (Å²) in [6.07, 6.45) is 3.28. The summed E-state index contributed by atoms with van der Waals surface area (Å²) in [5, 5.41) is 5.72. The summed E-state index contributed by atoms with van der Waals surface area (Å²) in [4.78, 5) is 26.0. The summed E-state index contributed by atoms with van der Waals surface area (Å²) >= 11 is 0. The van der Waals surface area contributed by atoms with Crippen LogP contribution in [0.2, 0.25) is 0 Å². The summed E-state index contributed by atoms with van der Waals surface area (Å²) in [6.45, 7) is 1.44. The first kappa shape index (κ1) is 15.5. The van der Waals surface area contributed by atoms with Crippen molar-refractivity contribution in [2.24, 2.45) is 10.8 Å². The zero-order valence-electron chi connectivity index (χ0n) is 12.7. The summed E-state index contributed by atoms with van der Waals surface area (Å²) in [6, 6.07) is 4.89. The highest BCUT2D eigenvalue weighted by Gasteiger charge is 2.36. The van der Waals surface area contributed by atoms with E-state index in [1.54, 1.807) is 4.90 Å². The molecule has 6 nitrogen and oxygen atoms in total. The minimum absolute atomic E-state index is 0.138. The van der Waals surface area contributed by atoms with Crippen LogP contribution in [0, 0.1) is 5.82 Å². The number of anilines is 1. The first-order chi connectivity index (χ1) is 11.1. The predicted molar refractivity (Wildman–Crippen MR) is 84.3 cm³/mol. The van der Waals surface area contributed by atoms with E-state index in [0.717, 1.165) is 32.4 Å². The lowest BCUT2D eigenvalue weighted by atomic mass is 10.1. The van der Waals surface area contributed by atoms with Crippen molar-refractivity contribution in [3.05, 3.63) is 30.1 Å². The van der Waals surface area contributed by atoms with Crippen molar-refractivity contribution in [3.8, 4) is 0 Å². The van der Waals surface area contributed by atoms with Crippen LogP contribution < -0.4 is 10.7 Å². The fraction of sp³-hybridized carbons (Fsp3) is 0.438. The molecule has 0 bridgehead atoms. The monoisotopic (exact) mass is 318 g/mol. The van der Waals surface area contributed by atoms with Gasteiger partial charge in [-0.2, -0.15) is 5.10 Å². The Balaban J connectivity index is 1.84. The first-order valence-corrected chi connectivity index (χ1v) is 7.77. The molecular weight excluding hydrogens is 299 g/mol. The van der Waals surface area contributed by atoms with Crippen molar-refractivity contribution in [3.63, 3.8) is 0 Å². The molecule has 0 radical (unpaired) electrons. The molecule has 3 rings (SSSR count). The number of carbonyl (C=O) groups excluding carboxylic acids is 2. The molecule has 2 aliphatic heterocycles. The summed E-state index contributed by atoms with van der Waals surface area (Å²) in [5.41, 5.74) is 6.32. The van der Waals surface area contributed by atoms with Gasteiger partial charge in [0.1, 0.15) is 17.6 Å². The molecule has 1 unspecified atom stereocenters. The van der Waals surface area contributed by atoms with Gasteiger partial charge >= 0.3 is 0 Å². The van der Waals surface area contributed by atoms with Gasteiger partial charge in [0.25, 0.3) is 5.91 Å². The third kappa shape index (κ3) is 3.18. The molecule has 0 spiro atoms. The maximum absolute atomic E-state index is 13.1. The number of amides is 2. The summed E-state index contributed by atoms with van der Waals surface area (Å²) in [7, 11) is 0. The van der Waals surface area contributed by atoms with Crippen LogP contribution in [0.1, 0.15) is 25.7 Å². The van der Waals surface area contributed by atoms with Crippen LogP contribution in [-0.4, -0.2) is 41.6 Å². The molecule has 2 N–H and O–H groups in total. The molecular formula is C16H19FN4O2. The molecule has 0 saturated carbocycles. The van der Waals surface area contributed by atoms with Crippen LogP contribution in [0.5, 0.6) is 0 Å². The molecule has 1 saturated heterocycles. The Labute approximate surface area is 133 Å². The third-order valence-electron chi connectivity index (χ3n) is 4.22. The SMILES string of the molecule is NC(=O)C1CC(C(=O)N2CCCCC2)=NN1c1ccc(F)cc1. The topological polar surface area (TPSA) is 79.0 Å². The maximum atomic E-state index is 13.1. The quantitative estimate of drug-likeness (QED) is 0.911. The van der Waals surface area contributed by atoms with Crippen LogP contribution in [0.25, 0.3) is 0 Å². The summed E-state index contributed by atoms with van der Waals surface area (Å²) in [5.74, 6) is -1.07. The fourth-order valence-electron chi connectivity index (χ4n) is 2.97. The van der Waals surface area contributed by atoms with E-state index in [1.807, 2.05) is 0 Å².